The summed E-state index contributed by atoms with van der Waals surface area (Å²) in [6.45, 7) is 2.33. The van der Waals surface area contributed by atoms with Crippen LogP contribution in [0.3, 0.4) is 0 Å². The second kappa shape index (κ2) is 6.26. The molecule has 3 N–H and O–H groups in total. The minimum absolute atomic E-state index is 0.246. The molecule has 0 fully saturated rings. The van der Waals surface area contributed by atoms with E-state index in [1.807, 2.05) is 31.2 Å². The van der Waals surface area contributed by atoms with Gasteiger partial charge in [0.2, 0.25) is 10.0 Å². The summed E-state index contributed by atoms with van der Waals surface area (Å²) >= 11 is 0. The van der Waals surface area contributed by atoms with Crippen LogP contribution in [0.15, 0.2) is 53.4 Å². The molecule has 2 aromatic rings. The Kier molecular flexibility index (Phi) is 4.62. The summed E-state index contributed by atoms with van der Waals surface area (Å²) in [6.07, 6.45) is 0. The topological polar surface area (TPSA) is 75.4 Å². The molecule has 0 bridgehead atoms. The Morgan fingerprint density at radius 1 is 1.05 bits per heavy atom. The largest absolute Gasteiger partial charge is 0.324 e. The quantitative estimate of drug-likeness (QED) is 0.655. The lowest BCUT2D eigenvalue weighted by Crippen LogP contribution is -2.26. The Bertz CT molecular complexity index is 695. The zero-order chi connectivity index (χ0) is 15.5. The van der Waals surface area contributed by atoms with E-state index >= 15 is 0 Å². The highest BCUT2D eigenvalue weighted by Gasteiger charge is 2.20. The van der Waals surface area contributed by atoms with Crippen LogP contribution in [0.2, 0.25) is 0 Å². The van der Waals surface area contributed by atoms with Crippen molar-refractivity contribution in [3.05, 3.63) is 59.7 Å². The molecule has 5 nitrogen and oxygen atoms in total. The maximum absolute atomic E-state index is 12.5. The molecule has 0 saturated heterocycles. The van der Waals surface area contributed by atoms with Crippen LogP contribution in [0.25, 0.3) is 0 Å². The first-order valence-corrected chi connectivity index (χ1v) is 7.96. The van der Waals surface area contributed by atoms with Crippen molar-refractivity contribution in [2.45, 2.75) is 18.4 Å². The molecular formula is C15H19N3O2S. The fourth-order valence-electron chi connectivity index (χ4n) is 1.94. The monoisotopic (exact) mass is 305 g/mol. The molecule has 0 radical (unpaired) electrons. The van der Waals surface area contributed by atoms with E-state index in [0.717, 1.165) is 11.1 Å². The molecule has 6 heteroatoms. The number of anilines is 1. The molecule has 0 unspecified atom stereocenters. The van der Waals surface area contributed by atoms with Gasteiger partial charge >= 0.3 is 0 Å². The average molecular weight is 305 g/mol. The van der Waals surface area contributed by atoms with Crippen LogP contribution < -0.4 is 11.3 Å². The summed E-state index contributed by atoms with van der Waals surface area (Å²) < 4.78 is 26.3. The van der Waals surface area contributed by atoms with Crippen LogP contribution in [-0.4, -0.2) is 19.8 Å². The van der Waals surface area contributed by atoms with E-state index in [0.29, 0.717) is 12.2 Å². The molecule has 0 aliphatic rings. The summed E-state index contributed by atoms with van der Waals surface area (Å²) in [4.78, 5) is 0.246. The van der Waals surface area contributed by atoms with Gasteiger partial charge in [-0.25, -0.2) is 8.42 Å². The third-order valence-electron chi connectivity index (χ3n) is 3.25. The van der Waals surface area contributed by atoms with Crippen LogP contribution in [0.4, 0.5) is 5.69 Å². The number of hydrogen-bond acceptors (Lipinski definition) is 4. The van der Waals surface area contributed by atoms with Crippen LogP contribution in [0, 0.1) is 6.92 Å². The van der Waals surface area contributed by atoms with Crippen LogP contribution in [0.1, 0.15) is 11.1 Å². The number of nitrogens with two attached hydrogens (primary N) is 1. The maximum Gasteiger partial charge on any atom is 0.243 e. The predicted octanol–water partition coefficient (Wildman–Crippen LogP) is 2.10. The van der Waals surface area contributed by atoms with Crippen molar-refractivity contribution < 1.29 is 8.42 Å². The fourth-order valence-corrected chi connectivity index (χ4v) is 3.10. The van der Waals surface area contributed by atoms with Crippen molar-refractivity contribution in [1.82, 2.24) is 4.31 Å². The summed E-state index contributed by atoms with van der Waals surface area (Å²) in [6, 6.07) is 14.1. The Balaban J connectivity index is 2.19. The van der Waals surface area contributed by atoms with E-state index in [1.54, 1.807) is 19.2 Å². The average Bonchev–Trinajstić information content (AvgIpc) is 2.49. The van der Waals surface area contributed by atoms with Gasteiger partial charge in [0.1, 0.15) is 0 Å². The zero-order valence-electron chi connectivity index (χ0n) is 12.1. The smallest absolute Gasteiger partial charge is 0.243 e. The molecule has 0 spiro atoms. The summed E-state index contributed by atoms with van der Waals surface area (Å²) in [5, 5.41) is 0. The first-order valence-electron chi connectivity index (χ1n) is 6.52. The van der Waals surface area contributed by atoms with Gasteiger partial charge in [0, 0.05) is 19.3 Å². The zero-order valence-corrected chi connectivity index (χ0v) is 12.9. The lowest BCUT2D eigenvalue weighted by molar-refractivity contribution is 0.466. The molecule has 0 heterocycles. The highest BCUT2D eigenvalue weighted by atomic mass is 32.2. The molecule has 21 heavy (non-hydrogen) atoms. The molecule has 0 aliphatic carbocycles. The predicted molar refractivity (Wildman–Crippen MR) is 84.1 cm³/mol. The molecule has 2 rings (SSSR count). The summed E-state index contributed by atoms with van der Waals surface area (Å²) in [5.41, 5.74) is 5.23. The molecule has 0 saturated carbocycles. The lowest BCUT2D eigenvalue weighted by Gasteiger charge is -2.17. The van der Waals surface area contributed by atoms with Crippen molar-refractivity contribution in [3.63, 3.8) is 0 Å². The van der Waals surface area contributed by atoms with Gasteiger partial charge in [0.05, 0.1) is 4.90 Å². The minimum atomic E-state index is -3.51. The van der Waals surface area contributed by atoms with E-state index in [4.69, 9.17) is 5.84 Å². The van der Waals surface area contributed by atoms with Crippen LogP contribution >= 0.6 is 0 Å². The Hall–Kier alpha value is -1.89. The van der Waals surface area contributed by atoms with Crippen molar-refractivity contribution in [3.8, 4) is 0 Å². The molecule has 0 aliphatic heterocycles. The van der Waals surface area contributed by atoms with Crippen molar-refractivity contribution >= 4 is 15.7 Å². The SMILES string of the molecule is Cc1ccc(CN(C)S(=O)(=O)c2ccc(NN)cc2)cc1. The number of nitrogens with one attached hydrogen (secondary N) is 1. The molecule has 2 aromatic carbocycles. The maximum atomic E-state index is 12.5. The molecule has 0 aromatic heterocycles. The highest BCUT2D eigenvalue weighted by Crippen LogP contribution is 2.19. The van der Waals surface area contributed by atoms with Gasteiger partial charge in [-0.1, -0.05) is 29.8 Å². The van der Waals surface area contributed by atoms with Gasteiger partial charge in [-0.15, -0.1) is 0 Å². The normalized spacial score (nSPS) is 11.6. The van der Waals surface area contributed by atoms with Crippen molar-refractivity contribution in [2.24, 2.45) is 5.84 Å². The van der Waals surface area contributed by atoms with E-state index in [9.17, 15) is 8.42 Å². The van der Waals surface area contributed by atoms with Crippen molar-refractivity contribution in [1.29, 1.82) is 0 Å². The van der Waals surface area contributed by atoms with Crippen LogP contribution in [-0.2, 0) is 16.6 Å². The number of benzene rings is 2. The molecule has 0 amide bonds. The first kappa shape index (κ1) is 15.5. The van der Waals surface area contributed by atoms with Gasteiger partial charge in [-0.2, -0.15) is 4.31 Å². The number of aryl methyl sites for hydroxylation is 1. The van der Waals surface area contributed by atoms with E-state index in [2.05, 4.69) is 5.43 Å². The number of sulfonamides is 1. The van der Waals surface area contributed by atoms with Gasteiger partial charge in [0.25, 0.3) is 0 Å². The molecular weight excluding hydrogens is 286 g/mol. The summed E-state index contributed by atoms with van der Waals surface area (Å²) in [7, 11) is -1.93. The third-order valence-corrected chi connectivity index (χ3v) is 5.07. The van der Waals surface area contributed by atoms with E-state index < -0.39 is 10.0 Å². The number of hydrazine groups is 1. The molecule has 112 valence electrons. The van der Waals surface area contributed by atoms with Gasteiger partial charge in [-0.3, -0.25) is 5.84 Å². The number of hydrogen-bond donors (Lipinski definition) is 2. The number of nitrogen functional groups attached to an aromatic ring is 1. The standard InChI is InChI=1S/C15H19N3O2S/c1-12-3-5-13(6-4-12)11-18(2)21(19,20)15-9-7-14(17-16)8-10-15/h3-10,17H,11,16H2,1-2H3. The Morgan fingerprint density at radius 3 is 2.14 bits per heavy atom. The fraction of sp³-hybridized carbons (Fsp3) is 0.200. The number of rotatable bonds is 5. The summed E-state index contributed by atoms with van der Waals surface area (Å²) in [5.74, 6) is 5.27. The van der Waals surface area contributed by atoms with E-state index in [1.165, 1.54) is 16.4 Å². The second-order valence-electron chi connectivity index (χ2n) is 4.92. The lowest BCUT2D eigenvalue weighted by atomic mass is 10.1. The second-order valence-corrected chi connectivity index (χ2v) is 6.96. The van der Waals surface area contributed by atoms with Gasteiger partial charge < -0.3 is 5.43 Å². The third kappa shape index (κ3) is 3.60. The number of nitrogens with zero attached hydrogens (tertiary/aromatic N) is 1. The Labute approximate surface area is 125 Å². The van der Waals surface area contributed by atoms with Gasteiger partial charge in [-0.05, 0) is 36.8 Å². The van der Waals surface area contributed by atoms with Crippen LogP contribution in [0.5, 0.6) is 0 Å². The molecule has 0 atom stereocenters. The minimum Gasteiger partial charge on any atom is -0.324 e. The highest BCUT2D eigenvalue weighted by molar-refractivity contribution is 7.89. The van der Waals surface area contributed by atoms with Crippen molar-refractivity contribution in [2.75, 3.05) is 12.5 Å². The van der Waals surface area contributed by atoms with E-state index in [-0.39, 0.29) is 4.90 Å². The first-order chi connectivity index (χ1) is 9.93. The van der Waals surface area contributed by atoms with Gasteiger partial charge in [0.15, 0.2) is 0 Å². The Morgan fingerprint density at radius 2 is 1.62 bits per heavy atom.